The molecule has 0 radical (unpaired) electrons. The van der Waals surface area contributed by atoms with Crippen LogP contribution < -0.4 is 5.32 Å². The summed E-state index contributed by atoms with van der Waals surface area (Å²) in [6.45, 7) is 3.95. The number of benzene rings is 2. The Morgan fingerprint density at radius 3 is 2.40 bits per heavy atom. The molecule has 1 aliphatic heterocycles. The number of thioether (sulfide) groups is 1. The Morgan fingerprint density at radius 2 is 1.80 bits per heavy atom. The minimum atomic E-state index is -0.304. The van der Waals surface area contributed by atoms with Crippen molar-refractivity contribution in [3.05, 3.63) is 64.1 Å². The van der Waals surface area contributed by atoms with Gasteiger partial charge in [-0.1, -0.05) is 18.2 Å². The maximum absolute atomic E-state index is 12.3. The number of amides is 3. The van der Waals surface area contributed by atoms with Crippen molar-refractivity contribution in [3.63, 3.8) is 0 Å². The van der Waals surface area contributed by atoms with Gasteiger partial charge in [-0.25, -0.2) is 0 Å². The van der Waals surface area contributed by atoms with Gasteiger partial charge >= 0.3 is 0 Å². The lowest BCUT2D eigenvalue weighted by atomic mass is 10.1. The number of carbonyl (C=O) groups excluding carboxylic acids is 3. The van der Waals surface area contributed by atoms with Gasteiger partial charge in [-0.05, 0) is 73.5 Å². The smallest absolute Gasteiger partial charge is 0.293 e. The van der Waals surface area contributed by atoms with Gasteiger partial charge < -0.3 is 15.5 Å². The minimum absolute atomic E-state index is 0.183. The summed E-state index contributed by atoms with van der Waals surface area (Å²) in [5, 5.41) is 21.3. The lowest BCUT2D eigenvalue weighted by molar-refractivity contribution is -0.123. The highest BCUT2D eigenvalue weighted by Gasteiger charge is 2.36. The topological polar surface area (TPSA) is 107 Å². The Hall–Kier alpha value is -3.26. The van der Waals surface area contributed by atoms with Crippen LogP contribution in [0.2, 0.25) is 0 Å². The van der Waals surface area contributed by atoms with Gasteiger partial charge in [-0.15, -0.1) is 0 Å². The highest BCUT2D eigenvalue weighted by atomic mass is 32.2. The molecule has 3 amide bonds. The number of hydrogen-bond acceptors (Lipinski definition) is 6. The number of imide groups is 1. The number of nitrogens with one attached hydrogen (secondary N) is 1. The van der Waals surface area contributed by atoms with Crippen molar-refractivity contribution in [1.82, 2.24) is 10.2 Å². The molecular formula is C22H22N2O5S. The maximum atomic E-state index is 12.3. The van der Waals surface area contributed by atoms with Crippen molar-refractivity contribution >= 4 is 34.9 Å². The minimum Gasteiger partial charge on any atom is -0.504 e. The molecule has 1 fully saturated rings. The summed E-state index contributed by atoms with van der Waals surface area (Å²) in [4.78, 5) is 38.2. The van der Waals surface area contributed by atoms with Gasteiger partial charge in [0.15, 0.2) is 11.5 Å². The number of hydrogen-bond donors (Lipinski definition) is 3. The van der Waals surface area contributed by atoms with E-state index in [9.17, 15) is 24.6 Å². The highest BCUT2D eigenvalue weighted by Crippen LogP contribution is 2.33. The summed E-state index contributed by atoms with van der Waals surface area (Å²) in [5.74, 6) is -0.927. The van der Waals surface area contributed by atoms with E-state index in [2.05, 4.69) is 5.32 Å². The summed E-state index contributed by atoms with van der Waals surface area (Å²) < 4.78 is 0. The molecule has 3 rings (SSSR count). The largest absolute Gasteiger partial charge is 0.504 e. The third-order valence-corrected chi connectivity index (χ3v) is 5.43. The van der Waals surface area contributed by atoms with Crippen LogP contribution in [0.4, 0.5) is 4.79 Å². The van der Waals surface area contributed by atoms with Crippen LogP contribution >= 0.6 is 11.8 Å². The fourth-order valence-electron chi connectivity index (χ4n) is 2.95. The summed E-state index contributed by atoms with van der Waals surface area (Å²) in [7, 11) is 0. The van der Waals surface area contributed by atoms with Crippen LogP contribution in [0.3, 0.4) is 0 Å². The zero-order valence-electron chi connectivity index (χ0n) is 16.6. The number of nitrogens with zero attached hydrogens (tertiary/aromatic N) is 1. The third kappa shape index (κ3) is 4.83. The summed E-state index contributed by atoms with van der Waals surface area (Å²) in [6.07, 6.45) is 2.15. The third-order valence-electron chi connectivity index (χ3n) is 4.55. The molecule has 0 saturated carbocycles. The van der Waals surface area contributed by atoms with Crippen molar-refractivity contribution in [1.29, 1.82) is 0 Å². The predicted octanol–water partition coefficient (Wildman–Crippen LogP) is 3.52. The van der Waals surface area contributed by atoms with E-state index in [4.69, 9.17) is 0 Å². The first-order chi connectivity index (χ1) is 14.3. The Bertz CT molecular complexity index is 1010. The van der Waals surface area contributed by atoms with Crippen LogP contribution in [-0.2, 0) is 11.2 Å². The van der Waals surface area contributed by atoms with Crippen molar-refractivity contribution in [2.45, 2.75) is 26.3 Å². The zero-order chi connectivity index (χ0) is 21.8. The first kappa shape index (κ1) is 21.4. The number of aromatic hydroxyl groups is 2. The molecule has 0 unspecified atom stereocenters. The molecule has 8 heteroatoms. The number of rotatable bonds is 6. The molecule has 0 aliphatic carbocycles. The first-order valence-electron chi connectivity index (χ1n) is 9.42. The molecule has 1 aliphatic rings. The van der Waals surface area contributed by atoms with Crippen LogP contribution in [-0.4, -0.2) is 44.8 Å². The van der Waals surface area contributed by atoms with E-state index < -0.39 is 0 Å². The number of phenols is 2. The van der Waals surface area contributed by atoms with Crippen LogP contribution in [0.1, 0.15) is 35.3 Å². The van der Waals surface area contributed by atoms with Crippen molar-refractivity contribution in [2.75, 3.05) is 6.54 Å². The SMILES string of the molecule is CC(C)N1C(=O)SC(=Cc2ccc(C(=O)NCCc3ccc(O)c(O)c3)cc2)C1=O. The monoisotopic (exact) mass is 426 g/mol. The Kier molecular flexibility index (Phi) is 6.47. The molecule has 30 heavy (non-hydrogen) atoms. The quantitative estimate of drug-likeness (QED) is 0.482. The average Bonchev–Trinajstić information content (AvgIpc) is 2.98. The predicted molar refractivity (Wildman–Crippen MR) is 115 cm³/mol. The van der Waals surface area contributed by atoms with Crippen LogP contribution in [0.15, 0.2) is 47.4 Å². The van der Waals surface area contributed by atoms with E-state index >= 15 is 0 Å². The summed E-state index contributed by atoms with van der Waals surface area (Å²) in [5.41, 5.74) is 1.98. The Labute approximate surface area is 178 Å². The number of phenolic OH excluding ortho intramolecular Hbond substituents is 2. The number of carbonyl (C=O) groups is 3. The second-order valence-electron chi connectivity index (χ2n) is 7.10. The molecule has 0 atom stereocenters. The Balaban J connectivity index is 1.58. The van der Waals surface area contributed by atoms with Crippen molar-refractivity contribution in [3.8, 4) is 11.5 Å². The van der Waals surface area contributed by atoms with Gasteiger partial charge in [0.05, 0.1) is 4.91 Å². The van der Waals surface area contributed by atoms with Gasteiger partial charge in [0, 0.05) is 18.2 Å². The molecule has 0 bridgehead atoms. The molecule has 3 N–H and O–H groups in total. The van der Waals surface area contributed by atoms with Gasteiger partial charge in [0.1, 0.15) is 0 Å². The van der Waals surface area contributed by atoms with Gasteiger partial charge in [0.25, 0.3) is 17.1 Å². The van der Waals surface area contributed by atoms with E-state index in [1.807, 2.05) is 0 Å². The van der Waals surface area contributed by atoms with E-state index in [0.717, 1.165) is 22.9 Å². The average molecular weight is 426 g/mol. The molecule has 156 valence electrons. The second-order valence-corrected chi connectivity index (χ2v) is 8.09. The van der Waals surface area contributed by atoms with Crippen LogP contribution in [0, 0.1) is 0 Å². The van der Waals surface area contributed by atoms with Gasteiger partial charge in [-0.3, -0.25) is 19.3 Å². The van der Waals surface area contributed by atoms with Crippen molar-refractivity contribution < 1.29 is 24.6 Å². The van der Waals surface area contributed by atoms with E-state index in [1.165, 1.54) is 17.0 Å². The van der Waals surface area contributed by atoms with E-state index in [-0.39, 0.29) is 34.6 Å². The fraction of sp³-hybridized carbons (Fsp3) is 0.227. The maximum Gasteiger partial charge on any atom is 0.293 e. The second kappa shape index (κ2) is 9.04. The van der Waals surface area contributed by atoms with Crippen LogP contribution in [0.25, 0.3) is 6.08 Å². The summed E-state index contributed by atoms with van der Waals surface area (Å²) in [6, 6.07) is 11.1. The molecule has 1 saturated heterocycles. The molecule has 0 spiro atoms. The van der Waals surface area contributed by atoms with E-state index in [0.29, 0.717) is 23.4 Å². The lowest BCUT2D eigenvalue weighted by Gasteiger charge is -2.16. The Morgan fingerprint density at radius 1 is 1.10 bits per heavy atom. The van der Waals surface area contributed by atoms with E-state index in [1.54, 1.807) is 50.3 Å². The zero-order valence-corrected chi connectivity index (χ0v) is 17.4. The van der Waals surface area contributed by atoms with Gasteiger partial charge in [-0.2, -0.15) is 0 Å². The lowest BCUT2D eigenvalue weighted by Crippen LogP contribution is -2.34. The normalized spacial score (nSPS) is 15.3. The highest BCUT2D eigenvalue weighted by molar-refractivity contribution is 8.18. The molecule has 2 aromatic rings. The van der Waals surface area contributed by atoms with Crippen LogP contribution in [0.5, 0.6) is 11.5 Å². The molecule has 1 heterocycles. The molecule has 2 aromatic carbocycles. The van der Waals surface area contributed by atoms with Crippen molar-refractivity contribution in [2.24, 2.45) is 0 Å². The summed E-state index contributed by atoms with van der Waals surface area (Å²) >= 11 is 0.912. The molecule has 0 aromatic heterocycles. The molecular weight excluding hydrogens is 404 g/mol. The standard InChI is InChI=1S/C22H22N2O5S/c1-13(2)24-21(28)19(30-22(24)29)12-14-3-6-16(7-4-14)20(27)23-10-9-15-5-8-17(25)18(26)11-15/h3-8,11-13,25-26H,9-10H2,1-2H3,(H,23,27). The first-order valence-corrected chi connectivity index (χ1v) is 10.2. The van der Waals surface area contributed by atoms with Gasteiger partial charge in [0.2, 0.25) is 0 Å². The molecule has 7 nitrogen and oxygen atoms in total. The fourth-order valence-corrected chi connectivity index (χ4v) is 3.91.